The van der Waals surface area contributed by atoms with Crippen LogP contribution in [0.3, 0.4) is 0 Å². The topological polar surface area (TPSA) is 49.4 Å². The highest BCUT2D eigenvalue weighted by atomic mass is 16.2. The zero-order valence-corrected chi connectivity index (χ0v) is 9.19. The number of aryl methyl sites for hydroxylation is 1. The van der Waals surface area contributed by atoms with E-state index < -0.39 is 0 Å². The molecule has 1 saturated heterocycles. The van der Waals surface area contributed by atoms with E-state index in [0.717, 1.165) is 5.56 Å². The van der Waals surface area contributed by atoms with Gasteiger partial charge in [0.2, 0.25) is 11.8 Å². The molecule has 1 aliphatic heterocycles. The lowest BCUT2D eigenvalue weighted by Crippen LogP contribution is -2.50. The predicted octanol–water partition coefficient (Wildman–Crippen LogP) is 0.453. The van der Waals surface area contributed by atoms with Gasteiger partial charge in [0.15, 0.2) is 0 Å². The monoisotopic (exact) mass is 218 g/mol. The Morgan fingerprint density at radius 1 is 1.19 bits per heavy atom. The van der Waals surface area contributed by atoms with Gasteiger partial charge in [-0.3, -0.25) is 19.8 Å². The third kappa shape index (κ3) is 2.46. The minimum Gasteiger partial charge on any atom is -0.294 e. The first-order valence-corrected chi connectivity index (χ1v) is 5.24. The zero-order valence-electron chi connectivity index (χ0n) is 9.19. The molecular formula is C12H14N2O2. The maximum absolute atomic E-state index is 11.2. The fourth-order valence-corrected chi connectivity index (χ4v) is 1.84. The van der Waals surface area contributed by atoms with E-state index in [0.29, 0.717) is 19.6 Å². The molecule has 0 saturated carbocycles. The number of imide groups is 1. The van der Waals surface area contributed by atoms with Crippen LogP contribution in [-0.2, 0) is 16.1 Å². The molecule has 2 rings (SSSR count). The van der Waals surface area contributed by atoms with Gasteiger partial charge in [-0.2, -0.15) is 0 Å². The van der Waals surface area contributed by atoms with E-state index in [2.05, 4.69) is 5.32 Å². The van der Waals surface area contributed by atoms with E-state index in [9.17, 15) is 9.59 Å². The van der Waals surface area contributed by atoms with E-state index in [-0.39, 0.29) is 11.8 Å². The van der Waals surface area contributed by atoms with Gasteiger partial charge in [-0.15, -0.1) is 0 Å². The first-order chi connectivity index (χ1) is 7.65. The summed E-state index contributed by atoms with van der Waals surface area (Å²) in [5.74, 6) is -0.435. The molecule has 0 atom stereocenters. The van der Waals surface area contributed by atoms with Crippen LogP contribution in [0.15, 0.2) is 24.3 Å². The molecule has 1 aliphatic rings. The lowest BCUT2D eigenvalue weighted by molar-refractivity contribution is -0.136. The highest BCUT2D eigenvalue weighted by Crippen LogP contribution is 2.10. The summed E-state index contributed by atoms with van der Waals surface area (Å²) >= 11 is 0. The van der Waals surface area contributed by atoms with Crippen LogP contribution in [0.4, 0.5) is 0 Å². The molecule has 4 heteroatoms. The summed E-state index contributed by atoms with van der Waals surface area (Å²) in [6.07, 6.45) is 0. The number of carbonyl (C=O) groups excluding carboxylic acids is 2. The first-order valence-electron chi connectivity index (χ1n) is 5.24. The number of piperazine rings is 1. The molecule has 0 unspecified atom stereocenters. The van der Waals surface area contributed by atoms with Crippen molar-refractivity contribution in [2.45, 2.75) is 13.5 Å². The number of rotatable bonds is 2. The fourth-order valence-electron chi connectivity index (χ4n) is 1.84. The fraction of sp³-hybridized carbons (Fsp3) is 0.333. The van der Waals surface area contributed by atoms with Crippen molar-refractivity contribution in [1.82, 2.24) is 10.2 Å². The van der Waals surface area contributed by atoms with E-state index in [1.165, 1.54) is 5.56 Å². The van der Waals surface area contributed by atoms with Crippen LogP contribution in [0, 0.1) is 6.92 Å². The molecule has 2 amide bonds. The van der Waals surface area contributed by atoms with Crippen LogP contribution >= 0.6 is 0 Å². The highest BCUT2D eigenvalue weighted by Gasteiger charge is 2.22. The van der Waals surface area contributed by atoms with Crippen LogP contribution < -0.4 is 5.32 Å². The molecule has 1 heterocycles. The highest BCUT2D eigenvalue weighted by molar-refractivity contribution is 5.99. The molecule has 1 fully saturated rings. The molecular weight excluding hydrogens is 204 g/mol. The van der Waals surface area contributed by atoms with Crippen LogP contribution in [0.5, 0.6) is 0 Å². The van der Waals surface area contributed by atoms with Crippen LogP contribution in [0.1, 0.15) is 11.1 Å². The van der Waals surface area contributed by atoms with Gasteiger partial charge in [-0.1, -0.05) is 24.3 Å². The minimum absolute atomic E-state index is 0.218. The Labute approximate surface area is 94.2 Å². The number of hydrogen-bond acceptors (Lipinski definition) is 3. The summed E-state index contributed by atoms with van der Waals surface area (Å²) in [5, 5.41) is 2.29. The average molecular weight is 218 g/mol. The molecule has 0 radical (unpaired) electrons. The molecule has 0 bridgehead atoms. The number of nitrogens with zero attached hydrogens (tertiary/aromatic N) is 1. The molecule has 1 aromatic carbocycles. The molecule has 0 aliphatic carbocycles. The van der Waals surface area contributed by atoms with E-state index in [1.54, 1.807) is 0 Å². The molecule has 0 aromatic heterocycles. The standard InChI is InChI=1S/C12H14N2O2/c1-9-4-2-3-5-10(9)6-14-7-11(15)13-12(16)8-14/h2-5H,6-8H2,1H3,(H,13,15,16). The summed E-state index contributed by atoms with van der Waals surface area (Å²) < 4.78 is 0. The Kier molecular flexibility index (Phi) is 3.01. The van der Waals surface area contributed by atoms with Crippen LogP contribution in [0.25, 0.3) is 0 Å². The maximum Gasteiger partial charge on any atom is 0.240 e. The van der Waals surface area contributed by atoms with Crippen molar-refractivity contribution in [3.63, 3.8) is 0 Å². The predicted molar refractivity (Wildman–Crippen MR) is 59.6 cm³/mol. The van der Waals surface area contributed by atoms with Gasteiger partial charge in [-0.05, 0) is 18.1 Å². The SMILES string of the molecule is Cc1ccccc1CN1CC(=O)NC(=O)C1. The number of hydrogen-bond donors (Lipinski definition) is 1. The van der Waals surface area contributed by atoms with Crippen molar-refractivity contribution < 1.29 is 9.59 Å². The number of amides is 2. The van der Waals surface area contributed by atoms with E-state index in [4.69, 9.17) is 0 Å². The largest absolute Gasteiger partial charge is 0.294 e. The van der Waals surface area contributed by atoms with Gasteiger partial charge >= 0.3 is 0 Å². The lowest BCUT2D eigenvalue weighted by Gasteiger charge is -2.25. The zero-order chi connectivity index (χ0) is 11.5. The average Bonchev–Trinajstić information content (AvgIpc) is 2.20. The summed E-state index contributed by atoms with van der Waals surface area (Å²) in [6, 6.07) is 7.99. The van der Waals surface area contributed by atoms with Gasteiger partial charge in [-0.25, -0.2) is 0 Å². The lowest BCUT2D eigenvalue weighted by atomic mass is 10.1. The van der Waals surface area contributed by atoms with Gasteiger partial charge in [0.05, 0.1) is 13.1 Å². The van der Waals surface area contributed by atoms with Crippen molar-refractivity contribution in [2.24, 2.45) is 0 Å². The Balaban J connectivity index is 2.07. The summed E-state index contributed by atoms with van der Waals surface area (Å²) in [7, 11) is 0. The molecule has 4 nitrogen and oxygen atoms in total. The van der Waals surface area contributed by atoms with Crippen LogP contribution in [0.2, 0.25) is 0 Å². The van der Waals surface area contributed by atoms with Crippen LogP contribution in [-0.4, -0.2) is 29.8 Å². The molecule has 84 valence electrons. The Hall–Kier alpha value is -1.68. The Morgan fingerprint density at radius 3 is 2.44 bits per heavy atom. The van der Waals surface area contributed by atoms with Crippen molar-refractivity contribution in [3.05, 3.63) is 35.4 Å². The van der Waals surface area contributed by atoms with E-state index >= 15 is 0 Å². The summed E-state index contributed by atoms with van der Waals surface area (Å²) in [5.41, 5.74) is 2.34. The molecule has 1 aromatic rings. The Bertz CT molecular complexity index is 413. The van der Waals surface area contributed by atoms with Crippen molar-refractivity contribution in [2.75, 3.05) is 13.1 Å². The van der Waals surface area contributed by atoms with E-state index in [1.807, 2.05) is 36.1 Å². The van der Waals surface area contributed by atoms with Crippen molar-refractivity contribution in [1.29, 1.82) is 0 Å². The molecule has 0 spiro atoms. The van der Waals surface area contributed by atoms with Crippen molar-refractivity contribution >= 4 is 11.8 Å². The molecule has 1 N–H and O–H groups in total. The smallest absolute Gasteiger partial charge is 0.240 e. The third-order valence-corrected chi connectivity index (χ3v) is 2.67. The van der Waals surface area contributed by atoms with Gasteiger partial charge < -0.3 is 0 Å². The number of benzene rings is 1. The Morgan fingerprint density at radius 2 is 1.81 bits per heavy atom. The van der Waals surface area contributed by atoms with Gasteiger partial charge in [0, 0.05) is 6.54 Å². The number of carbonyl (C=O) groups is 2. The second-order valence-electron chi connectivity index (χ2n) is 4.04. The second kappa shape index (κ2) is 4.45. The third-order valence-electron chi connectivity index (χ3n) is 2.67. The quantitative estimate of drug-likeness (QED) is 0.733. The summed E-state index contributed by atoms with van der Waals surface area (Å²) in [4.78, 5) is 24.2. The number of nitrogens with one attached hydrogen (secondary N) is 1. The maximum atomic E-state index is 11.2. The second-order valence-corrected chi connectivity index (χ2v) is 4.04. The van der Waals surface area contributed by atoms with Gasteiger partial charge in [0.1, 0.15) is 0 Å². The molecule has 16 heavy (non-hydrogen) atoms. The normalized spacial score (nSPS) is 17.3. The first kappa shape index (κ1) is 10.8. The van der Waals surface area contributed by atoms with Gasteiger partial charge in [0.25, 0.3) is 0 Å². The minimum atomic E-state index is -0.218. The van der Waals surface area contributed by atoms with Crippen molar-refractivity contribution in [3.8, 4) is 0 Å². The summed E-state index contributed by atoms with van der Waals surface area (Å²) in [6.45, 7) is 3.26.